The third kappa shape index (κ3) is 4.03. The van der Waals surface area contributed by atoms with E-state index < -0.39 is 11.4 Å². The molecule has 0 radical (unpaired) electrons. The molecule has 0 aliphatic heterocycles. The number of nitriles is 1. The second kappa shape index (κ2) is 8.90. The van der Waals surface area contributed by atoms with Gasteiger partial charge in [0.15, 0.2) is 5.69 Å². The van der Waals surface area contributed by atoms with Gasteiger partial charge in [-0.3, -0.25) is 4.68 Å². The van der Waals surface area contributed by atoms with Gasteiger partial charge in [0.1, 0.15) is 11.2 Å². The van der Waals surface area contributed by atoms with Gasteiger partial charge in [0, 0.05) is 19.7 Å². The third-order valence-corrected chi connectivity index (χ3v) is 5.38. The fourth-order valence-corrected chi connectivity index (χ4v) is 3.69. The van der Waals surface area contributed by atoms with Crippen LogP contribution in [0.15, 0.2) is 77.5 Å². The summed E-state index contributed by atoms with van der Waals surface area (Å²) in [6, 6.07) is 21.5. The van der Waals surface area contributed by atoms with Crippen LogP contribution in [0.25, 0.3) is 11.5 Å². The largest absolute Gasteiger partial charge is 0.461 e. The Morgan fingerprint density at radius 2 is 1.75 bits per heavy atom. The topological polar surface area (TPSA) is 93.9 Å². The molecule has 0 fully saturated rings. The van der Waals surface area contributed by atoms with E-state index in [1.807, 2.05) is 60.7 Å². The number of aryl methyl sites for hydroxylation is 2. The molecule has 0 atom stereocenters. The van der Waals surface area contributed by atoms with Crippen molar-refractivity contribution in [2.45, 2.75) is 18.8 Å². The monoisotopic (exact) mass is 426 g/mol. The highest BCUT2D eigenvalue weighted by Crippen LogP contribution is 2.35. The molecule has 2 heterocycles. The molecule has 32 heavy (non-hydrogen) atoms. The SMILES string of the molecule is Cc1oc(-c2cnn(C)c2)nc1C(=O)OCCC(C#N)(c1ccccc1)c1ccccc1. The molecule has 7 heteroatoms. The first-order valence-electron chi connectivity index (χ1n) is 10.2. The van der Waals surface area contributed by atoms with Crippen molar-refractivity contribution < 1.29 is 13.9 Å². The van der Waals surface area contributed by atoms with E-state index in [0.29, 0.717) is 23.6 Å². The Labute approximate surface area is 185 Å². The first kappa shape index (κ1) is 21.1. The summed E-state index contributed by atoms with van der Waals surface area (Å²) in [6.45, 7) is 1.71. The van der Waals surface area contributed by atoms with Gasteiger partial charge in [-0.05, 0) is 18.1 Å². The van der Waals surface area contributed by atoms with Crippen LogP contribution in [0.4, 0.5) is 0 Å². The van der Waals surface area contributed by atoms with Gasteiger partial charge >= 0.3 is 5.97 Å². The van der Waals surface area contributed by atoms with Crippen LogP contribution in [0.2, 0.25) is 0 Å². The number of carbonyl (C=O) groups excluding carboxylic acids is 1. The molecule has 0 unspecified atom stereocenters. The van der Waals surface area contributed by atoms with E-state index in [4.69, 9.17) is 9.15 Å². The van der Waals surface area contributed by atoms with Gasteiger partial charge in [0.25, 0.3) is 0 Å². The Morgan fingerprint density at radius 1 is 1.12 bits per heavy atom. The number of benzene rings is 2. The van der Waals surface area contributed by atoms with Crippen molar-refractivity contribution in [3.63, 3.8) is 0 Å². The van der Waals surface area contributed by atoms with Crippen LogP contribution in [0.1, 0.15) is 33.8 Å². The molecule has 0 aliphatic rings. The molecular weight excluding hydrogens is 404 g/mol. The summed E-state index contributed by atoms with van der Waals surface area (Å²) in [7, 11) is 1.79. The van der Waals surface area contributed by atoms with Crippen LogP contribution in [0.3, 0.4) is 0 Å². The summed E-state index contributed by atoms with van der Waals surface area (Å²) in [5, 5.41) is 14.3. The quantitative estimate of drug-likeness (QED) is 0.406. The standard InChI is InChI=1S/C25H22N4O3/c1-18-22(28-23(32-18)19-15-27-29(2)16-19)24(30)31-14-13-25(17-26,20-9-5-3-6-10-20)21-11-7-4-8-12-21/h3-12,15-16H,13-14H2,1-2H3. The number of aromatic nitrogens is 3. The summed E-state index contributed by atoms with van der Waals surface area (Å²) >= 11 is 0. The second-order valence-electron chi connectivity index (χ2n) is 7.46. The molecule has 0 amide bonds. The summed E-state index contributed by atoms with van der Waals surface area (Å²) < 4.78 is 12.8. The van der Waals surface area contributed by atoms with Gasteiger partial charge in [-0.1, -0.05) is 60.7 Å². The zero-order valence-electron chi connectivity index (χ0n) is 17.9. The van der Waals surface area contributed by atoms with E-state index in [2.05, 4.69) is 16.2 Å². The van der Waals surface area contributed by atoms with Crippen LogP contribution >= 0.6 is 0 Å². The molecule has 0 N–H and O–H groups in total. The van der Waals surface area contributed by atoms with Crippen molar-refractivity contribution in [3.8, 4) is 17.5 Å². The number of carbonyl (C=O) groups is 1. The molecule has 0 saturated carbocycles. The smallest absolute Gasteiger partial charge is 0.360 e. The maximum absolute atomic E-state index is 12.7. The summed E-state index contributed by atoms with van der Waals surface area (Å²) in [4.78, 5) is 17.0. The van der Waals surface area contributed by atoms with E-state index in [1.165, 1.54) is 0 Å². The number of rotatable bonds is 7. The van der Waals surface area contributed by atoms with E-state index >= 15 is 0 Å². The lowest BCUT2D eigenvalue weighted by atomic mass is 9.73. The number of nitrogens with zero attached hydrogens (tertiary/aromatic N) is 4. The minimum Gasteiger partial charge on any atom is -0.461 e. The maximum atomic E-state index is 12.7. The Hall–Kier alpha value is -4.18. The average Bonchev–Trinajstić information content (AvgIpc) is 3.43. The normalized spacial score (nSPS) is 11.2. The first-order chi connectivity index (χ1) is 15.5. The van der Waals surface area contributed by atoms with E-state index in [9.17, 15) is 10.1 Å². The van der Waals surface area contributed by atoms with Crippen LogP contribution in [-0.2, 0) is 17.2 Å². The van der Waals surface area contributed by atoms with Crippen molar-refractivity contribution in [1.29, 1.82) is 5.26 Å². The zero-order valence-corrected chi connectivity index (χ0v) is 17.9. The van der Waals surface area contributed by atoms with Crippen LogP contribution in [0.5, 0.6) is 0 Å². The van der Waals surface area contributed by atoms with Crippen LogP contribution < -0.4 is 0 Å². The molecule has 7 nitrogen and oxygen atoms in total. The number of oxazole rings is 1. The number of ether oxygens (including phenoxy) is 1. The van der Waals surface area contributed by atoms with Gasteiger partial charge in [0.05, 0.1) is 24.4 Å². The van der Waals surface area contributed by atoms with Crippen molar-refractivity contribution in [2.24, 2.45) is 7.05 Å². The highest BCUT2D eigenvalue weighted by Gasteiger charge is 2.35. The summed E-state index contributed by atoms with van der Waals surface area (Å²) in [5.74, 6) is 0.0864. The molecular formula is C25H22N4O3. The Morgan fingerprint density at radius 3 is 2.28 bits per heavy atom. The van der Waals surface area contributed by atoms with Crippen molar-refractivity contribution in [1.82, 2.24) is 14.8 Å². The van der Waals surface area contributed by atoms with Crippen molar-refractivity contribution >= 4 is 5.97 Å². The fraction of sp³-hybridized carbons (Fsp3) is 0.200. The molecule has 4 rings (SSSR count). The minimum absolute atomic E-state index is 0.0463. The number of esters is 1. The molecule has 2 aromatic carbocycles. The van der Waals surface area contributed by atoms with Crippen LogP contribution in [-0.4, -0.2) is 27.3 Å². The molecule has 0 bridgehead atoms. The molecule has 0 aliphatic carbocycles. The predicted molar refractivity (Wildman–Crippen MR) is 118 cm³/mol. The number of hydrogen-bond acceptors (Lipinski definition) is 6. The van der Waals surface area contributed by atoms with Gasteiger partial charge in [-0.25, -0.2) is 9.78 Å². The lowest BCUT2D eigenvalue weighted by Crippen LogP contribution is -2.28. The summed E-state index contributed by atoms with van der Waals surface area (Å²) in [5.41, 5.74) is 1.54. The fourth-order valence-electron chi connectivity index (χ4n) is 3.69. The predicted octanol–water partition coefficient (Wildman–Crippen LogP) is 4.44. The highest BCUT2D eigenvalue weighted by molar-refractivity contribution is 5.88. The maximum Gasteiger partial charge on any atom is 0.360 e. The van der Waals surface area contributed by atoms with Crippen molar-refractivity contribution in [3.05, 3.63) is 95.6 Å². The second-order valence-corrected chi connectivity index (χ2v) is 7.46. The van der Waals surface area contributed by atoms with Gasteiger partial charge in [-0.2, -0.15) is 10.4 Å². The first-order valence-corrected chi connectivity index (χ1v) is 10.2. The summed E-state index contributed by atoms with van der Waals surface area (Å²) in [6.07, 6.45) is 3.67. The van der Waals surface area contributed by atoms with Gasteiger partial charge < -0.3 is 9.15 Å². The molecule has 4 aromatic rings. The van der Waals surface area contributed by atoms with E-state index in [-0.39, 0.29) is 12.3 Å². The molecule has 0 spiro atoms. The lowest BCUT2D eigenvalue weighted by molar-refractivity contribution is 0.0480. The number of hydrogen-bond donors (Lipinski definition) is 0. The van der Waals surface area contributed by atoms with E-state index in [0.717, 1.165) is 11.1 Å². The Kier molecular flexibility index (Phi) is 5.86. The Balaban J connectivity index is 1.53. The minimum atomic E-state index is -0.942. The highest BCUT2D eigenvalue weighted by atomic mass is 16.5. The van der Waals surface area contributed by atoms with E-state index in [1.54, 1.807) is 31.0 Å². The molecule has 0 saturated heterocycles. The molecule has 2 aromatic heterocycles. The van der Waals surface area contributed by atoms with Gasteiger partial charge in [0.2, 0.25) is 5.89 Å². The lowest BCUT2D eigenvalue weighted by Gasteiger charge is -2.27. The van der Waals surface area contributed by atoms with Crippen molar-refractivity contribution in [2.75, 3.05) is 6.61 Å². The average molecular weight is 426 g/mol. The third-order valence-electron chi connectivity index (χ3n) is 5.38. The Bertz CT molecular complexity index is 1210. The molecule has 160 valence electrons. The van der Waals surface area contributed by atoms with Crippen LogP contribution in [0, 0.1) is 18.3 Å². The van der Waals surface area contributed by atoms with Gasteiger partial charge in [-0.15, -0.1) is 0 Å². The zero-order chi connectivity index (χ0) is 22.6.